The van der Waals surface area contributed by atoms with E-state index in [1.807, 2.05) is 0 Å². The molecule has 0 aliphatic rings. The minimum atomic E-state index is -3.63. The van der Waals surface area contributed by atoms with Gasteiger partial charge in [0.25, 0.3) is 10.0 Å². The Morgan fingerprint density at radius 1 is 0.905 bits per heavy atom. The molecule has 5 nitrogen and oxygen atoms in total. The van der Waals surface area contributed by atoms with Gasteiger partial charge in [0.15, 0.2) is 0 Å². The first kappa shape index (κ1) is 15.2. The van der Waals surface area contributed by atoms with Crippen LogP contribution in [0.2, 0.25) is 0 Å². The topological polar surface area (TPSA) is 64.6 Å². The number of rotatable bonds is 5. The van der Waals surface area contributed by atoms with Gasteiger partial charge in [-0.1, -0.05) is 0 Å². The van der Waals surface area contributed by atoms with Crippen LogP contribution in [-0.4, -0.2) is 22.6 Å². The van der Waals surface area contributed by atoms with E-state index in [-0.39, 0.29) is 4.90 Å². The molecule has 0 aliphatic carbocycles. The van der Waals surface area contributed by atoms with Crippen molar-refractivity contribution in [2.24, 2.45) is 0 Å². The van der Waals surface area contributed by atoms with E-state index >= 15 is 0 Å². The average molecular weight is 307 g/mol. The number of hydrogen-bond acceptors (Lipinski definition) is 4. The molecule has 0 aliphatic heterocycles. The van der Waals surface area contributed by atoms with Crippen molar-refractivity contribution in [3.63, 3.8) is 0 Å². The maximum atomic E-state index is 12.4. The maximum Gasteiger partial charge on any atom is 0.262 e. The fourth-order valence-corrected chi connectivity index (χ4v) is 3.21. The maximum absolute atomic E-state index is 12.4. The average Bonchev–Trinajstić information content (AvgIpc) is 2.47. The Balaban J connectivity index is 2.29. The van der Waals surface area contributed by atoms with Gasteiger partial charge in [-0.15, -0.1) is 0 Å². The van der Waals surface area contributed by atoms with Crippen molar-refractivity contribution < 1.29 is 17.9 Å². The lowest BCUT2D eigenvalue weighted by atomic mass is 10.2. The fraction of sp³-hybridized carbons (Fsp3) is 0.200. The molecule has 0 bridgehead atoms. The highest BCUT2D eigenvalue weighted by Crippen LogP contribution is 2.24. The lowest BCUT2D eigenvalue weighted by Crippen LogP contribution is -2.14. The molecule has 2 aromatic rings. The van der Waals surface area contributed by atoms with Gasteiger partial charge >= 0.3 is 0 Å². The first-order valence-electron chi connectivity index (χ1n) is 6.28. The summed E-state index contributed by atoms with van der Waals surface area (Å²) < 4.78 is 37.4. The lowest BCUT2D eigenvalue weighted by Gasteiger charge is -2.11. The van der Waals surface area contributed by atoms with Crippen LogP contribution >= 0.6 is 0 Å². The van der Waals surface area contributed by atoms with Gasteiger partial charge in [-0.05, 0) is 55.0 Å². The summed E-state index contributed by atoms with van der Waals surface area (Å²) in [6.45, 7) is 1.73. The Labute approximate surface area is 124 Å². The van der Waals surface area contributed by atoms with E-state index in [1.54, 1.807) is 57.5 Å². The molecule has 6 heteroatoms. The van der Waals surface area contributed by atoms with Crippen LogP contribution in [0.5, 0.6) is 11.5 Å². The third kappa shape index (κ3) is 3.46. The third-order valence-corrected chi connectivity index (χ3v) is 4.56. The largest absolute Gasteiger partial charge is 0.497 e. The summed E-state index contributed by atoms with van der Waals surface area (Å²) in [5, 5.41) is 0. The van der Waals surface area contributed by atoms with Crippen LogP contribution in [-0.2, 0) is 10.0 Å². The molecule has 0 heterocycles. The zero-order valence-electron chi connectivity index (χ0n) is 12.1. The van der Waals surface area contributed by atoms with Crippen LogP contribution < -0.4 is 14.2 Å². The standard InChI is InChI=1S/C15H17NO4S/c1-11-10-14(20-3)8-9-15(11)21(17,18)16-12-4-6-13(19-2)7-5-12/h4-10,16H,1-3H3. The second kappa shape index (κ2) is 6.05. The van der Waals surface area contributed by atoms with Gasteiger partial charge in [0.1, 0.15) is 11.5 Å². The summed E-state index contributed by atoms with van der Waals surface area (Å²) >= 11 is 0. The van der Waals surface area contributed by atoms with Crippen molar-refractivity contribution in [2.45, 2.75) is 11.8 Å². The van der Waals surface area contributed by atoms with Crippen molar-refractivity contribution in [3.8, 4) is 11.5 Å². The van der Waals surface area contributed by atoms with E-state index in [1.165, 1.54) is 6.07 Å². The number of ether oxygens (including phenoxy) is 2. The molecule has 0 radical (unpaired) electrons. The highest BCUT2D eigenvalue weighted by Gasteiger charge is 2.17. The first-order valence-corrected chi connectivity index (χ1v) is 7.76. The Bertz CT molecular complexity index is 724. The zero-order valence-corrected chi connectivity index (χ0v) is 12.9. The van der Waals surface area contributed by atoms with Crippen LogP contribution in [0.15, 0.2) is 47.4 Å². The van der Waals surface area contributed by atoms with E-state index in [2.05, 4.69) is 4.72 Å². The van der Waals surface area contributed by atoms with Crippen molar-refractivity contribution in [2.75, 3.05) is 18.9 Å². The molecule has 0 unspecified atom stereocenters. The van der Waals surface area contributed by atoms with Crippen LogP contribution in [0.25, 0.3) is 0 Å². The number of anilines is 1. The van der Waals surface area contributed by atoms with E-state index in [9.17, 15) is 8.42 Å². The summed E-state index contributed by atoms with van der Waals surface area (Å²) in [6.07, 6.45) is 0. The number of hydrogen-bond donors (Lipinski definition) is 1. The summed E-state index contributed by atoms with van der Waals surface area (Å²) in [6, 6.07) is 11.5. The molecular weight excluding hydrogens is 290 g/mol. The Kier molecular flexibility index (Phi) is 4.37. The zero-order chi connectivity index (χ0) is 15.5. The second-order valence-electron chi connectivity index (χ2n) is 4.47. The number of methoxy groups -OCH3 is 2. The molecule has 0 fully saturated rings. The Morgan fingerprint density at radius 3 is 2.00 bits per heavy atom. The molecule has 112 valence electrons. The molecule has 2 aromatic carbocycles. The Hall–Kier alpha value is -2.21. The van der Waals surface area contributed by atoms with E-state index in [4.69, 9.17) is 9.47 Å². The summed E-state index contributed by atoms with van der Waals surface area (Å²) in [5.74, 6) is 1.29. The predicted octanol–water partition coefficient (Wildman–Crippen LogP) is 2.81. The summed E-state index contributed by atoms with van der Waals surface area (Å²) in [4.78, 5) is 0.221. The minimum Gasteiger partial charge on any atom is -0.497 e. The van der Waals surface area contributed by atoms with Gasteiger partial charge in [0.05, 0.1) is 19.1 Å². The molecular formula is C15H17NO4S. The van der Waals surface area contributed by atoms with Gasteiger partial charge in [0, 0.05) is 5.69 Å². The van der Waals surface area contributed by atoms with Crippen LogP contribution in [0.1, 0.15) is 5.56 Å². The van der Waals surface area contributed by atoms with Gasteiger partial charge < -0.3 is 9.47 Å². The molecule has 0 saturated heterocycles. The first-order chi connectivity index (χ1) is 9.96. The number of aryl methyl sites for hydroxylation is 1. The van der Waals surface area contributed by atoms with Crippen LogP contribution in [0.3, 0.4) is 0 Å². The second-order valence-corrected chi connectivity index (χ2v) is 6.12. The Morgan fingerprint density at radius 2 is 1.48 bits per heavy atom. The molecule has 21 heavy (non-hydrogen) atoms. The normalized spacial score (nSPS) is 11.0. The van der Waals surface area contributed by atoms with Crippen LogP contribution in [0, 0.1) is 6.92 Å². The number of sulfonamides is 1. The van der Waals surface area contributed by atoms with Gasteiger partial charge in [0.2, 0.25) is 0 Å². The van der Waals surface area contributed by atoms with Gasteiger partial charge in [-0.3, -0.25) is 4.72 Å². The smallest absolute Gasteiger partial charge is 0.262 e. The lowest BCUT2D eigenvalue weighted by molar-refractivity contribution is 0.414. The third-order valence-electron chi connectivity index (χ3n) is 3.01. The van der Waals surface area contributed by atoms with E-state index < -0.39 is 10.0 Å². The molecule has 0 aromatic heterocycles. The predicted molar refractivity (Wildman–Crippen MR) is 81.5 cm³/mol. The van der Waals surface area contributed by atoms with E-state index in [0.29, 0.717) is 22.7 Å². The molecule has 0 saturated carbocycles. The number of nitrogens with one attached hydrogen (secondary N) is 1. The minimum absolute atomic E-state index is 0.221. The van der Waals surface area contributed by atoms with Crippen molar-refractivity contribution in [3.05, 3.63) is 48.0 Å². The van der Waals surface area contributed by atoms with Crippen molar-refractivity contribution >= 4 is 15.7 Å². The summed E-state index contributed by atoms with van der Waals surface area (Å²) in [7, 11) is -0.539. The summed E-state index contributed by atoms with van der Waals surface area (Å²) in [5.41, 5.74) is 1.10. The number of benzene rings is 2. The van der Waals surface area contributed by atoms with Crippen LogP contribution in [0.4, 0.5) is 5.69 Å². The fourth-order valence-electron chi connectivity index (χ4n) is 1.92. The quantitative estimate of drug-likeness (QED) is 0.922. The molecule has 0 amide bonds. The van der Waals surface area contributed by atoms with E-state index in [0.717, 1.165) is 0 Å². The van der Waals surface area contributed by atoms with Gasteiger partial charge in [-0.25, -0.2) is 8.42 Å². The molecule has 0 atom stereocenters. The molecule has 1 N–H and O–H groups in total. The molecule has 0 spiro atoms. The monoisotopic (exact) mass is 307 g/mol. The highest BCUT2D eigenvalue weighted by atomic mass is 32.2. The van der Waals surface area contributed by atoms with Gasteiger partial charge in [-0.2, -0.15) is 0 Å². The van der Waals surface area contributed by atoms with Crippen molar-refractivity contribution in [1.82, 2.24) is 0 Å². The highest BCUT2D eigenvalue weighted by molar-refractivity contribution is 7.92. The SMILES string of the molecule is COc1ccc(NS(=O)(=O)c2ccc(OC)cc2C)cc1. The molecule has 2 rings (SSSR count). The van der Waals surface area contributed by atoms with Crippen molar-refractivity contribution in [1.29, 1.82) is 0 Å².